The number of hydrogen-bond acceptors (Lipinski definition) is 1. The molecule has 0 aromatic rings. The third-order valence-corrected chi connectivity index (χ3v) is 5.61. The smallest absolute Gasteiger partial charge is 0.117 e. The molecule has 0 spiro atoms. The molecule has 0 saturated heterocycles. The van der Waals surface area contributed by atoms with Gasteiger partial charge < -0.3 is 9.11 Å². The second-order valence-corrected chi connectivity index (χ2v) is 7.05. The number of halogens is 1. The van der Waals surface area contributed by atoms with E-state index in [1.54, 1.807) is 0 Å². The quantitative estimate of drug-likeness (QED) is 0.736. The summed E-state index contributed by atoms with van der Waals surface area (Å²) in [6.45, 7) is 1.41. The van der Waals surface area contributed by atoms with Crippen molar-refractivity contribution >= 4 is 9.63 Å². The third kappa shape index (κ3) is 2.27. The van der Waals surface area contributed by atoms with E-state index in [0.717, 1.165) is 12.8 Å². The highest BCUT2D eigenvalue weighted by molar-refractivity contribution is 8.10. The Morgan fingerprint density at radius 2 is 1.92 bits per heavy atom. The molecule has 0 radical (unpaired) electrons. The Balaban J connectivity index is 2.86. The lowest BCUT2D eigenvalue weighted by Gasteiger charge is -2.41. The average molecular weight is 212 g/mol. The first-order valence-electron chi connectivity index (χ1n) is 4.63. The first-order chi connectivity index (χ1) is 5.85. The fourth-order valence-electron chi connectivity index (χ4n) is 1.80. The van der Waals surface area contributed by atoms with Gasteiger partial charge in [0.05, 0.1) is 14.9 Å². The summed E-state index contributed by atoms with van der Waals surface area (Å²) in [5, 5.41) is -1.07. The van der Waals surface area contributed by atoms with E-state index in [0.29, 0.717) is 12.8 Å². The van der Waals surface area contributed by atoms with E-state index in [2.05, 4.69) is 0 Å². The summed E-state index contributed by atoms with van der Waals surface area (Å²) in [6, 6.07) is 0. The fourth-order valence-corrected chi connectivity index (χ4v) is 3.60. The maximum absolute atomic E-state index is 13.3. The van der Waals surface area contributed by atoms with Crippen molar-refractivity contribution in [3.63, 3.8) is 0 Å². The second-order valence-electron chi connectivity index (χ2n) is 3.71. The van der Waals surface area contributed by atoms with Crippen LogP contribution in [-0.4, -0.2) is 30.5 Å². The van der Waals surface area contributed by atoms with Gasteiger partial charge in [-0.25, -0.2) is 8.60 Å². The molecule has 1 saturated carbocycles. The van der Waals surface area contributed by atoms with Crippen LogP contribution in [0.4, 0.5) is 4.39 Å². The van der Waals surface area contributed by atoms with E-state index < -0.39 is 21.0 Å². The number of hydrogen-bond donors (Lipinski definition) is 2. The largest absolute Gasteiger partial charge is 0.307 e. The van der Waals surface area contributed by atoms with Crippen molar-refractivity contribution in [1.29, 1.82) is 0 Å². The minimum atomic E-state index is -4.68. The zero-order chi connectivity index (χ0) is 10.1. The van der Waals surface area contributed by atoms with Gasteiger partial charge in [-0.05, 0) is 12.8 Å². The molecule has 1 fully saturated rings. The van der Waals surface area contributed by atoms with Gasteiger partial charge in [-0.3, -0.25) is 0 Å². The standard InChI is InChI=1S/C8H17FO3S/c1-2-13(10,11,12)8-6-4-3-5-7(8)9/h7-8H,2-6H2,1H3,(H2,10,11,12). The Bertz CT molecular complexity index is 248. The van der Waals surface area contributed by atoms with Crippen LogP contribution < -0.4 is 0 Å². The third-order valence-electron chi connectivity index (χ3n) is 2.77. The van der Waals surface area contributed by atoms with Crippen LogP contribution in [0, 0.1) is 0 Å². The van der Waals surface area contributed by atoms with Gasteiger partial charge in [-0.1, -0.05) is 19.8 Å². The molecule has 1 aliphatic carbocycles. The Morgan fingerprint density at radius 1 is 1.38 bits per heavy atom. The molecule has 0 amide bonds. The molecule has 2 atom stereocenters. The Kier molecular flexibility index (Phi) is 2.81. The molecule has 80 valence electrons. The van der Waals surface area contributed by atoms with Crippen molar-refractivity contribution in [2.24, 2.45) is 0 Å². The molecule has 3 nitrogen and oxygen atoms in total. The van der Waals surface area contributed by atoms with Crippen LogP contribution >= 0.6 is 0 Å². The highest BCUT2D eigenvalue weighted by Crippen LogP contribution is 2.36. The van der Waals surface area contributed by atoms with Crippen molar-refractivity contribution in [1.82, 2.24) is 0 Å². The number of rotatable bonds is 2. The molecule has 2 N–H and O–H groups in total. The summed E-state index contributed by atoms with van der Waals surface area (Å²) in [4.78, 5) is 0. The van der Waals surface area contributed by atoms with E-state index in [-0.39, 0.29) is 5.75 Å². The lowest BCUT2D eigenvalue weighted by atomic mass is 9.98. The van der Waals surface area contributed by atoms with E-state index in [4.69, 9.17) is 0 Å². The molecule has 0 bridgehead atoms. The van der Waals surface area contributed by atoms with Gasteiger partial charge in [0.15, 0.2) is 0 Å². The van der Waals surface area contributed by atoms with Crippen LogP contribution in [0.2, 0.25) is 0 Å². The summed E-state index contributed by atoms with van der Waals surface area (Å²) >= 11 is 0. The lowest BCUT2D eigenvalue weighted by Crippen LogP contribution is -2.51. The minimum absolute atomic E-state index is 0.276. The average Bonchev–Trinajstić information content (AvgIpc) is 2.04. The monoisotopic (exact) mass is 212 g/mol. The van der Waals surface area contributed by atoms with E-state index in [1.807, 2.05) is 0 Å². The second kappa shape index (κ2) is 3.29. The van der Waals surface area contributed by atoms with Crippen molar-refractivity contribution < 1.29 is 17.7 Å². The lowest BCUT2D eigenvalue weighted by molar-refractivity contribution is 0.229. The van der Waals surface area contributed by atoms with E-state index >= 15 is 0 Å². The maximum Gasteiger partial charge on any atom is 0.117 e. The van der Waals surface area contributed by atoms with Crippen LogP contribution in [0.3, 0.4) is 0 Å². The molecule has 0 aromatic heterocycles. The molecule has 0 heterocycles. The molecule has 0 aliphatic heterocycles. The highest BCUT2D eigenvalue weighted by Gasteiger charge is 2.44. The van der Waals surface area contributed by atoms with Crippen molar-refractivity contribution in [2.75, 3.05) is 5.75 Å². The van der Waals surface area contributed by atoms with Gasteiger partial charge in [-0.2, -0.15) is 0 Å². The van der Waals surface area contributed by atoms with Crippen molar-refractivity contribution in [3.8, 4) is 0 Å². The fraction of sp³-hybridized carbons (Fsp3) is 1.00. The predicted molar refractivity (Wildman–Crippen MR) is 51.1 cm³/mol. The Morgan fingerprint density at radius 3 is 2.38 bits per heavy atom. The van der Waals surface area contributed by atoms with Crippen molar-refractivity contribution in [3.05, 3.63) is 0 Å². The molecule has 5 heteroatoms. The molecular formula is C8H17FO3S. The van der Waals surface area contributed by atoms with Gasteiger partial charge >= 0.3 is 0 Å². The zero-order valence-electron chi connectivity index (χ0n) is 7.78. The first-order valence-corrected chi connectivity index (χ1v) is 6.74. The highest BCUT2D eigenvalue weighted by atomic mass is 32.3. The van der Waals surface area contributed by atoms with Gasteiger partial charge in [0.1, 0.15) is 6.17 Å². The van der Waals surface area contributed by atoms with Crippen LogP contribution in [-0.2, 0) is 9.63 Å². The Hall–Kier alpha value is -0.0000000000000000555. The predicted octanol–water partition coefficient (Wildman–Crippen LogP) is 2.05. The molecule has 1 rings (SSSR count). The number of alkyl halides is 1. The summed E-state index contributed by atoms with van der Waals surface area (Å²) in [5.74, 6) is -0.276. The van der Waals surface area contributed by atoms with Gasteiger partial charge in [0.2, 0.25) is 0 Å². The molecule has 0 aromatic carbocycles. The zero-order valence-corrected chi connectivity index (χ0v) is 8.60. The van der Waals surface area contributed by atoms with Gasteiger partial charge in [-0.15, -0.1) is 0 Å². The van der Waals surface area contributed by atoms with E-state index in [9.17, 15) is 17.7 Å². The summed E-state index contributed by atoms with van der Waals surface area (Å²) in [7, 11) is -4.68. The van der Waals surface area contributed by atoms with Crippen LogP contribution in [0.15, 0.2) is 0 Å². The first kappa shape index (κ1) is 11.1. The van der Waals surface area contributed by atoms with Crippen LogP contribution in [0.1, 0.15) is 32.6 Å². The summed E-state index contributed by atoms with van der Waals surface area (Å²) < 4.78 is 43.8. The van der Waals surface area contributed by atoms with Crippen LogP contribution in [0.25, 0.3) is 0 Å². The van der Waals surface area contributed by atoms with Gasteiger partial charge in [0, 0.05) is 5.75 Å². The normalized spacial score (nSPS) is 33.7. The molecule has 2 unspecified atom stereocenters. The van der Waals surface area contributed by atoms with Crippen LogP contribution in [0.5, 0.6) is 0 Å². The van der Waals surface area contributed by atoms with Gasteiger partial charge in [0.25, 0.3) is 0 Å². The molecular weight excluding hydrogens is 195 g/mol. The maximum atomic E-state index is 13.3. The molecule has 1 aliphatic rings. The summed E-state index contributed by atoms with van der Waals surface area (Å²) in [6.07, 6.45) is 0.738. The Labute approximate surface area is 77.8 Å². The van der Waals surface area contributed by atoms with Crippen molar-refractivity contribution in [2.45, 2.75) is 44.0 Å². The minimum Gasteiger partial charge on any atom is -0.307 e. The SMILES string of the molecule is CCS(=O)(O)(O)C1CCCCC1F. The topological polar surface area (TPSA) is 57.5 Å². The summed E-state index contributed by atoms with van der Waals surface area (Å²) in [5.41, 5.74) is 0. The van der Waals surface area contributed by atoms with E-state index in [1.165, 1.54) is 6.92 Å². The molecule has 13 heavy (non-hydrogen) atoms.